The minimum atomic E-state index is -0.484. The highest BCUT2D eigenvalue weighted by Crippen LogP contribution is 2.30. The maximum absolute atomic E-state index is 10.7. The highest BCUT2D eigenvalue weighted by molar-refractivity contribution is 14.1. The maximum atomic E-state index is 10.7. The van der Waals surface area contributed by atoms with Crippen molar-refractivity contribution in [1.82, 2.24) is 9.97 Å². The second-order valence-corrected chi connectivity index (χ2v) is 5.26. The van der Waals surface area contributed by atoms with Crippen LogP contribution in [-0.4, -0.2) is 14.9 Å². The van der Waals surface area contributed by atoms with Gasteiger partial charge in [-0.1, -0.05) is 15.9 Å². The van der Waals surface area contributed by atoms with E-state index in [4.69, 9.17) is 4.74 Å². The Hall–Kier alpha value is -1.29. The third-order valence-electron chi connectivity index (χ3n) is 1.92. The molecule has 1 aromatic carbocycles. The number of nitro groups is 1. The molecule has 0 aliphatic carbocycles. The SMILES string of the molecule is O=[N+]([O-])c1cc(Br)cc(Oc2ncncc2I)c1. The monoisotopic (exact) mass is 421 g/mol. The van der Waals surface area contributed by atoms with Crippen LogP contribution in [0.15, 0.2) is 35.2 Å². The van der Waals surface area contributed by atoms with E-state index in [1.807, 2.05) is 22.6 Å². The number of non-ortho nitro benzene ring substituents is 1. The zero-order chi connectivity index (χ0) is 13.1. The third kappa shape index (κ3) is 3.13. The molecule has 0 fully saturated rings. The highest BCUT2D eigenvalue weighted by atomic mass is 127. The molecule has 18 heavy (non-hydrogen) atoms. The van der Waals surface area contributed by atoms with Crippen LogP contribution in [0.1, 0.15) is 0 Å². The summed E-state index contributed by atoms with van der Waals surface area (Å²) < 4.78 is 6.77. The van der Waals surface area contributed by atoms with E-state index in [1.165, 1.54) is 18.5 Å². The first-order valence-corrected chi connectivity index (χ1v) is 6.52. The van der Waals surface area contributed by atoms with Gasteiger partial charge in [0, 0.05) is 16.7 Å². The van der Waals surface area contributed by atoms with Gasteiger partial charge in [-0.2, -0.15) is 0 Å². The van der Waals surface area contributed by atoms with Crippen molar-refractivity contribution < 1.29 is 9.66 Å². The minimum absolute atomic E-state index is 0.0524. The Kier molecular flexibility index (Phi) is 4.07. The molecule has 8 heteroatoms. The van der Waals surface area contributed by atoms with E-state index in [2.05, 4.69) is 25.9 Å². The molecule has 2 rings (SSSR count). The first-order valence-electron chi connectivity index (χ1n) is 4.64. The summed E-state index contributed by atoms with van der Waals surface area (Å²) >= 11 is 5.22. The van der Waals surface area contributed by atoms with Crippen LogP contribution in [0.3, 0.4) is 0 Å². The molecule has 0 saturated carbocycles. The second kappa shape index (κ2) is 5.57. The summed E-state index contributed by atoms with van der Waals surface area (Å²) in [4.78, 5) is 18.0. The fourth-order valence-corrected chi connectivity index (χ4v) is 2.07. The van der Waals surface area contributed by atoms with Gasteiger partial charge >= 0.3 is 0 Å². The number of nitrogens with zero attached hydrogens (tertiary/aromatic N) is 3. The zero-order valence-electron chi connectivity index (χ0n) is 8.71. The summed E-state index contributed by atoms with van der Waals surface area (Å²) in [6.07, 6.45) is 2.94. The van der Waals surface area contributed by atoms with Crippen molar-refractivity contribution in [3.8, 4) is 11.6 Å². The molecule has 0 saturated heterocycles. The van der Waals surface area contributed by atoms with Gasteiger partial charge in [0.05, 0.1) is 14.6 Å². The Morgan fingerprint density at radius 3 is 2.83 bits per heavy atom. The van der Waals surface area contributed by atoms with Gasteiger partial charge in [-0.25, -0.2) is 9.97 Å². The van der Waals surface area contributed by atoms with Crippen molar-refractivity contribution in [1.29, 1.82) is 0 Å². The molecule has 92 valence electrons. The predicted molar refractivity (Wildman–Crippen MR) is 75.6 cm³/mol. The summed E-state index contributed by atoms with van der Waals surface area (Å²) in [5.41, 5.74) is -0.0524. The Labute approximate surface area is 124 Å². The van der Waals surface area contributed by atoms with E-state index in [-0.39, 0.29) is 5.69 Å². The third-order valence-corrected chi connectivity index (χ3v) is 3.11. The number of ether oxygens (including phenoxy) is 1. The van der Waals surface area contributed by atoms with E-state index in [0.717, 1.165) is 3.57 Å². The van der Waals surface area contributed by atoms with Crippen LogP contribution in [0.4, 0.5) is 5.69 Å². The van der Waals surface area contributed by atoms with Gasteiger partial charge in [-0.3, -0.25) is 10.1 Å². The molecule has 1 heterocycles. The second-order valence-electron chi connectivity index (χ2n) is 3.18. The van der Waals surface area contributed by atoms with Gasteiger partial charge in [-0.05, 0) is 28.7 Å². The lowest BCUT2D eigenvalue weighted by molar-refractivity contribution is -0.385. The number of aromatic nitrogens is 2. The highest BCUT2D eigenvalue weighted by Gasteiger charge is 2.11. The molecule has 0 bridgehead atoms. The molecule has 0 radical (unpaired) electrons. The van der Waals surface area contributed by atoms with Crippen molar-refractivity contribution >= 4 is 44.2 Å². The number of hydrogen-bond acceptors (Lipinski definition) is 5. The van der Waals surface area contributed by atoms with Crippen molar-refractivity contribution in [2.24, 2.45) is 0 Å². The topological polar surface area (TPSA) is 78.2 Å². The van der Waals surface area contributed by atoms with E-state index in [0.29, 0.717) is 16.1 Å². The number of halogens is 2. The molecule has 0 aliphatic heterocycles. The molecular formula is C10H5BrIN3O3. The Bertz CT molecular complexity index is 609. The molecule has 6 nitrogen and oxygen atoms in total. The Morgan fingerprint density at radius 1 is 1.39 bits per heavy atom. The van der Waals surface area contributed by atoms with E-state index in [9.17, 15) is 10.1 Å². The van der Waals surface area contributed by atoms with Gasteiger partial charge in [0.1, 0.15) is 12.1 Å². The Morgan fingerprint density at radius 2 is 2.17 bits per heavy atom. The van der Waals surface area contributed by atoms with E-state index >= 15 is 0 Å². The smallest absolute Gasteiger partial charge is 0.274 e. The summed E-state index contributed by atoms with van der Waals surface area (Å²) in [6.45, 7) is 0. The summed E-state index contributed by atoms with van der Waals surface area (Å²) in [5.74, 6) is 0.700. The lowest BCUT2D eigenvalue weighted by Gasteiger charge is -2.06. The summed E-state index contributed by atoms with van der Waals surface area (Å²) in [5, 5.41) is 10.7. The van der Waals surface area contributed by atoms with Crippen LogP contribution in [0.25, 0.3) is 0 Å². The van der Waals surface area contributed by atoms with Crippen molar-refractivity contribution in [2.75, 3.05) is 0 Å². The molecule has 0 spiro atoms. The first-order chi connectivity index (χ1) is 8.56. The fourth-order valence-electron chi connectivity index (χ4n) is 1.20. The molecular weight excluding hydrogens is 417 g/mol. The normalized spacial score (nSPS) is 10.1. The maximum Gasteiger partial charge on any atom is 0.274 e. The number of nitro benzene ring substituents is 1. The lowest BCUT2D eigenvalue weighted by atomic mass is 10.3. The lowest BCUT2D eigenvalue weighted by Crippen LogP contribution is -1.94. The molecule has 0 atom stereocenters. The van der Waals surface area contributed by atoms with Gasteiger partial charge in [0.25, 0.3) is 5.69 Å². The number of benzene rings is 1. The quantitative estimate of drug-likeness (QED) is 0.430. The predicted octanol–water partition coefficient (Wildman–Crippen LogP) is 3.54. The first kappa shape index (κ1) is 13.1. The Balaban J connectivity index is 2.35. The van der Waals surface area contributed by atoms with Gasteiger partial charge < -0.3 is 4.74 Å². The van der Waals surface area contributed by atoms with Gasteiger partial charge in [-0.15, -0.1) is 0 Å². The molecule has 1 aromatic heterocycles. The average Bonchev–Trinajstić information content (AvgIpc) is 2.31. The number of rotatable bonds is 3. The molecule has 0 aliphatic rings. The van der Waals surface area contributed by atoms with E-state index < -0.39 is 4.92 Å². The van der Waals surface area contributed by atoms with Gasteiger partial charge in [0.2, 0.25) is 5.88 Å². The standard InChI is InChI=1S/C10H5BrIN3O3/c11-6-1-7(15(16)17)3-8(2-6)18-10-9(12)4-13-5-14-10/h1-5H. The van der Waals surface area contributed by atoms with Crippen molar-refractivity contribution in [2.45, 2.75) is 0 Å². The van der Waals surface area contributed by atoms with Crippen molar-refractivity contribution in [3.63, 3.8) is 0 Å². The average molecular weight is 422 g/mol. The van der Waals surface area contributed by atoms with Crippen LogP contribution in [-0.2, 0) is 0 Å². The largest absolute Gasteiger partial charge is 0.438 e. The fraction of sp³-hybridized carbons (Fsp3) is 0. The molecule has 0 amide bonds. The molecule has 0 unspecified atom stereocenters. The minimum Gasteiger partial charge on any atom is -0.438 e. The van der Waals surface area contributed by atoms with Crippen LogP contribution in [0.2, 0.25) is 0 Å². The van der Waals surface area contributed by atoms with Gasteiger partial charge in [0.15, 0.2) is 0 Å². The molecule has 0 N–H and O–H groups in total. The zero-order valence-corrected chi connectivity index (χ0v) is 12.5. The van der Waals surface area contributed by atoms with Crippen LogP contribution < -0.4 is 4.74 Å². The van der Waals surface area contributed by atoms with Crippen LogP contribution in [0.5, 0.6) is 11.6 Å². The molecule has 2 aromatic rings. The summed E-state index contributed by atoms with van der Waals surface area (Å²) in [7, 11) is 0. The number of hydrogen-bond donors (Lipinski definition) is 0. The van der Waals surface area contributed by atoms with Crippen LogP contribution in [0, 0.1) is 13.7 Å². The van der Waals surface area contributed by atoms with Crippen molar-refractivity contribution in [3.05, 3.63) is 48.9 Å². The van der Waals surface area contributed by atoms with Crippen LogP contribution >= 0.6 is 38.5 Å². The summed E-state index contributed by atoms with van der Waals surface area (Å²) in [6, 6.07) is 4.37. The van der Waals surface area contributed by atoms with E-state index in [1.54, 1.807) is 12.3 Å².